The summed E-state index contributed by atoms with van der Waals surface area (Å²) in [4.78, 5) is 5.57. The molecule has 0 unspecified atom stereocenters. The van der Waals surface area contributed by atoms with Crippen molar-refractivity contribution in [1.29, 1.82) is 0 Å². The third-order valence-electron chi connectivity index (χ3n) is 2.81. The van der Waals surface area contributed by atoms with Gasteiger partial charge in [0.25, 0.3) is 0 Å². The summed E-state index contributed by atoms with van der Waals surface area (Å²) >= 11 is 0. The largest absolute Gasteiger partial charge is 0.416 e. The SMILES string of the molecule is CN(Cc1ccccc1)c1cc(C(F)(F)F)cc(N)n1. The summed E-state index contributed by atoms with van der Waals surface area (Å²) < 4.78 is 38.2. The van der Waals surface area contributed by atoms with Gasteiger partial charge in [-0.1, -0.05) is 30.3 Å². The topological polar surface area (TPSA) is 42.1 Å². The molecule has 0 aliphatic carbocycles. The molecule has 0 radical (unpaired) electrons. The van der Waals surface area contributed by atoms with E-state index in [4.69, 9.17) is 5.73 Å². The van der Waals surface area contributed by atoms with Gasteiger partial charge < -0.3 is 10.6 Å². The lowest BCUT2D eigenvalue weighted by molar-refractivity contribution is -0.137. The highest BCUT2D eigenvalue weighted by Crippen LogP contribution is 2.32. The van der Waals surface area contributed by atoms with Gasteiger partial charge in [0.2, 0.25) is 0 Å². The molecule has 1 aromatic heterocycles. The number of benzene rings is 1. The molecule has 0 aliphatic heterocycles. The zero-order valence-electron chi connectivity index (χ0n) is 10.9. The Morgan fingerprint density at radius 2 is 1.80 bits per heavy atom. The van der Waals surface area contributed by atoms with Crippen LogP contribution in [0.15, 0.2) is 42.5 Å². The molecular weight excluding hydrogens is 267 g/mol. The van der Waals surface area contributed by atoms with E-state index in [1.54, 1.807) is 11.9 Å². The summed E-state index contributed by atoms with van der Waals surface area (Å²) in [6.07, 6.45) is -4.43. The van der Waals surface area contributed by atoms with Crippen LogP contribution >= 0.6 is 0 Å². The van der Waals surface area contributed by atoms with Gasteiger partial charge in [-0.2, -0.15) is 13.2 Å². The molecule has 0 fully saturated rings. The monoisotopic (exact) mass is 281 g/mol. The molecule has 2 N–H and O–H groups in total. The van der Waals surface area contributed by atoms with Crippen molar-refractivity contribution < 1.29 is 13.2 Å². The molecule has 0 saturated carbocycles. The predicted molar refractivity (Wildman–Crippen MR) is 72.2 cm³/mol. The minimum Gasteiger partial charge on any atom is -0.384 e. The first kappa shape index (κ1) is 14.2. The number of halogens is 3. The van der Waals surface area contributed by atoms with Crippen LogP contribution in [0.25, 0.3) is 0 Å². The Morgan fingerprint density at radius 1 is 1.15 bits per heavy atom. The molecule has 3 nitrogen and oxygen atoms in total. The second kappa shape index (κ2) is 5.40. The molecule has 2 rings (SSSR count). The van der Waals surface area contributed by atoms with Gasteiger partial charge >= 0.3 is 6.18 Å². The third-order valence-corrected chi connectivity index (χ3v) is 2.81. The molecule has 1 aromatic carbocycles. The first-order valence-electron chi connectivity index (χ1n) is 5.96. The van der Waals surface area contributed by atoms with Crippen LogP contribution in [0.1, 0.15) is 11.1 Å². The minimum atomic E-state index is -4.43. The fourth-order valence-corrected chi connectivity index (χ4v) is 1.83. The van der Waals surface area contributed by atoms with Gasteiger partial charge in [-0.25, -0.2) is 4.98 Å². The van der Waals surface area contributed by atoms with Crippen molar-refractivity contribution in [2.24, 2.45) is 0 Å². The van der Waals surface area contributed by atoms with E-state index in [1.165, 1.54) is 0 Å². The number of anilines is 2. The van der Waals surface area contributed by atoms with Crippen LogP contribution in [-0.4, -0.2) is 12.0 Å². The third kappa shape index (κ3) is 3.40. The second-order valence-electron chi connectivity index (χ2n) is 4.48. The van der Waals surface area contributed by atoms with E-state index in [9.17, 15) is 13.2 Å². The van der Waals surface area contributed by atoms with E-state index in [2.05, 4.69) is 4.98 Å². The van der Waals surface area contributed by atoms with Gasteiger partial charge in [0.1, 0.15) is 11.6 Å². The smallest absolute Gasteiger partial charge is 0.384 e. The molecule has 1 heterocycles. The number of aromatic nitrogens is 1. The Bertz CT molecular complexity index is 582. The molecule has 106 valence electrons. The number of pyridine rings is 1. The molecule has 2 aromatic rings. The number of alkyl halides is 3. The molecule has 6 heteroatoms. The van der Waals surface area contributed by atoms with Crippen molar-refractivity contribution in [3.63, 3.8) is 0 Å². The van der Waals surface area contributed by atoms with Crippen LogP contribution in [0.3, 0.4) is 0 Å². The molecular formula is C14H14F3N3. The summed E-state index contributed by atoms with van der Waals surface area (Å²) in [5.74, 6) is 0.0518. The summed E-state index contributed by atoms with van der Waals surface area (Å²) in [5.41, 5.74) is 5.64. The summed E-state index contributed by atoms with van der Waals surface area (Å²) in [7, 11) is 1.68. The van der Waals surface area contributed by atoms with E-state index < -0.39 is 11.7 Å². The Kier molecular flexibility index (Phi) is 3.83. The van der Waals surface area contributed by atoms with E-state index in [-0.39, 0.29) is 11.6 Å². The van der Waals surface area contributed by atoms with E-state index in [0.717, 1.165) is 17.7 Å². The molecule has 0 spiro atoms. The van der Waals surface area contributed by atoms with Crippen LogP contribution in [0.5, 0.6) is 0 Å². The number of rotatable bonds is 3. The highest BCUT2D eigenvalue weighted by Gasteiger charge is 2.31. The highest BCUT2D eigenvalue weighted by molar-refractivity contribution is 5.49. The standard InChI is InChI=1S/C14H14F3N3/c1-20(9-10-5-3-2-4-6-10)13-8-11(14(15,16)17)7-12(18)19-13/h2-8H,9H2,1H3,(H2,18,19). The van der Waals surface area contributed by atoms with Crippen LogP contribution in [0.4, 0.5) is 24.8 Å². The molecule has 0 amide bonds. The predicted octanol–water partition coefficient (Wildman–Crippen LogP) is 3.32. The van der Waals surface area contributed by atoms with Crippen molar-refractivity contribution in [1.82, 2.24) is 4.98 Å². The van der Waals surface area contributed by atoms with Gasteiger partial charge in [-0.05, 0) is 17.7 Å². The van der Waals surface area contributed by atoms with Crippen LogP contribution in [0, 0.1) is 0 Å². The van der Waals surface area contributed by atoms with Gasteiger partial charge in [-0.3, -0.25) is 0 Å². The lowest BCUT2D eigenvalue weighted by Crippen LogP contribution is -2.19. The van der Waals surface area contributed by atoms with Gasteiger partial charge in [0.15, 0.2) is 0 Å². The Balaban J connectivity index is 2.26. The van der Waals surface area contributed by atoms with Crippen molar-refractivity contribution >= 4 is 11.6 Å². The molecule has 20 heavy (non-hydrogen) atoms. The minimum absolute atomic E-state index is 0.144. The maximum Gasteiger partial charge on any atom is 0.416 e. The van der Waals surface area contributed by atoms with Crippen molar-refractivity contribution in [2.75, 3.05) is 17.7 Å². The van der Waals surface area contributed by atoms with Crippen LogP contribution in [0.2, 0.25) is 0 Å². The lowest BCUT2D eigenvalue weighted by Gasteiger charge is -2.20. The zero-order chi connectivity index (χ0) is 14.8. The first-order chi connectivity index (χ1) is 9.36. The van der Waals surface area contributed by atoms with Crippen LogP contribution in [-0.2, 0) is 12.7 Å². The van der Waals surface area contributed by atoms with Crippen molar-refractivity contribution in [3.8, 4) is 0 Å². The fraction of sp³-hybridized carbons (Fsp3) is 0.214. The number of nitrogens with zero attached hydrogens (tertiary/aromatic N) is 2. The highest BCUT2D eigenvalue weighted by atomic mass is 19.4. The zero-order valence-corrected chi connectivity index (χ0v) is 10.9. The van der Waals surface area contributed by atoms with Crippen LogP contribution < -0.4 is 10.6 Å². The average Bonchev–Trinajstić information content (AvgIpc) is 2.38. The lowest BCUT2D eigenvalue weighted by atomic mass is 10.2. The van der Waals surface area contributed by atoms with E-state index in [1.807, 2.05) is 30.3 Å². The quantitative estimate of drug-likeness (QED) is 0.938. The first-order valence-corrected chi connectivity index (χ1v) is 5.96. The maximum atomic E-state index is 12.7. The summed E-state index contributed by atoms with van der Waals surface area (Å²) in [5, 5.41) is 0. The van der Waals surface area contributed by atoms with Crippen molar-refractivity contribution in [3.05, 3.63) is 53.6 Å². The van der Waals surface area contributed by atoms with Gasteiger partial charge in [0, 0.05) is 13.6 Å². The molecule has 0 aliphatic rings. The molecule has 0 saturated heterocycles. The number of hydrogen-bond acceptors (Lipinski definition) is 3. The van der Waals surface area contributed by atoms with Gasteiger partial charge in [0.05, 0.1) is 5.56 Å². The average molecular weight is 281 g/mol. The Morgan fingerprint density at radius 3 is 2.40 bits per heavy atom. The fourth-order valence-electron chi connectivity index (χ4n) is 1.83. The molecule has 0 bridgehead atoms. The summed E-state index contributed by atoms with van der Waals surface area (Å²) in [6.45, 7) is 0.453. The maximum absolute atomic E-state index is 12.7. The number of nitrogens with two attached hydrogens (primary N) is 1. The van der Waals surface area contributed by atoms with Gasteiger partial charge in [-0.15, -0.1) is 0 Å². The normalized spacial score (nSPS) is 11.4. The van der Waals surface area contributed by atoms with Crippen molar-refractivity contribution in [2.45, 2.75) is 12.7 Å². The van der Waals surface area contributed by atoms with E-state index >= 15 is 0 Å². The van der Waals surface area contributed by atoms with E-state index in [0.29, 0.717) is 6.54 Å². The number of hydrogen-bond donors (Lipinski definition) is 1. The second-order valence-corrected chi connectivity index (χ2v) is 4.48. The Labute approximate surface area is 114 Å². The summed E-state index contributed by atoms with van der Waals surface area (Å²) in [6, 6.07) is 11.2. The Hall–Kier alpha value is -2.24. The molecule has 0 atom stereocenters. The number of nitrogen functional groups attached to an aromatic ring is 1.